The number of allylic oxidation sites excluding steroid dienone is 4. The smallest absolute Gasteiger partial charge is 0.0571 e. The van der Waals surface area contributed by atoms with E-state index in [0.717, 1.165) is 40.6 Å². The highest BCUT2D eigenvalue weighted by molar-refractivity contribution is 6.16. The van der Waals surface area contributed by atoms with Gasteiger partial charge in [0.05, 0.1) is 11.0 Å². The molecule has 3 heteroatoms. The Kier molecular flexibility index (Phi) is 8.52. The summed E-state index contributed by atoms with van der Waals surface area (Å²) in [5.41, 5.74) is 19.8. The molecule has 11 rings (SSSR count). The van der Waals surface area contributed by atoms with Crippen LogP contribution in [0.2, 0.25) is 0 Å². The molecule has 1 aliphatic carbocycles. The molecule has 2 N–H and O–H groups in total. The quantitative estimate of drug-likeness (QED) is 0.130. The molecule has 3 nitrogen and oxygen atoms in total. The maximum atomic E-state index is 6.49. The average molecular weight is 756 g/mol. The van der Waals surface area contributed by atoms with Crippen molar-refractivity contribution in [1.29, 1.82) is 0 Å². The maximum Gasteiger partial charge on any atom is 0.0571 e. The Balaban J connectivity index is 1.01. The third kappa shape index (κ3) is 6.02. The van der Waals surface area contributed by atoms with Gasteiger partial charge in [-0.05, 0) is 132 Å². The number of rotatable bonds is 7. The van der Waals surface area contributed by atoms with Crippen LogP contribution in [-0.4, -0.2) is 9.55 Å². The van der Waals surface area contributed by atoms with Crippen LogP contribution in [-0.2, 0) is 12.8 Å². The van der Waals surface area contributed by atoms with Crippen LogP contribution in [0.25, 0.3) is 82.6 Å². The Bertz CT molecular complexity index is 3350. The number of nitrogens with two attached hydrogens (primary N) is 1. The molecule has 0 aliphatic heterocycles. The van der Waals surface area contributed by atoms with Crippen molar-refractivity contribution in [3.8, 4) is 16.8 Å². The van der Waals surface area contributed by atoms with Crippen molar-refractivity contribution in [3.05, 3.63) is 228 Å². The number of hydrogen-bond acceptors (Lipinski definition) is 2. The molecule has 10 aromatic rings. The van der Waals surface area contributed by atoms with Gasteiger partial charge < -0.3 is 10.3 Å². The highest BCUT2D eigenvalue weighted by Gasteiger charge is 2.24. The summed E-state index contributed by atoms with van der Waals surface area (Å²) in [5, 5.41) is 9.93. The summed E-state index contributed by atoms with van der Waals surface area (Å²) >= 11 is 0. The first-order chi connectivity index (χ1) is 29.2. The summed E-state index contributed by atoms with van der Waals surface area (Å²) in [6.07, 6.45) is 16.5. The van der Waals surface area contributed by atoms with Crippen LogP contribution in [0, 0.1) is 0 Å². The van der Waals surface area contributed by atoms with Gasteiger partial charge in [0.2, 0.25) is 0 Å². The van der Waals surface area contributed by atoms with Crippen LogP contribution >= 0.6 is 0 Å². The predicted octanol–water partition coefficient (Wildman–Crippen LogP) is 13.8. The zero-order valence-corrected chi connectivity index (χ0v) is 32.6. The topological polar surface area (TPSA) is 43.8 Å². The Hall–Kier alpha value is -7.49. The van der Waals surface area contributed by atoms with E-state index in [9.17, 15) is 0 Å². The lowest BCUT2D eigenvalue weighted by Gasteiger charge is -2.25. The third-order valence-electron chi connectivity index (χ3n) is 12.3. The molecule has 0 saturated heterocycles. The largest absolute Gasteiger partial charge is 0.404 e. The summed E-state index contributed by atoms with van der Waals surface area (Å²) < 4.78 is 2.33. The molecule has 1 atom stereocenters. The van der Waals surface area contributed by atoms with Crippen LogP contribution in [0.1, 0.15) is 33.7 Å². The lowest BCUT2D eigenvalue weighted by Crippen LogP contribution is -2.07. The van der Waals surface area contributed by atoms with E-state index in [0.29, 0.717) is 0 Å². The number of benzene rings is 8. The van der Waals surface area contributed by atoms with Gasteiger partial charge in [-0.2, -0.15) is 0 Å². The van der Waals surface area contributed by atoms with Crippen molar-refractivity contribution in [3.63, 3.8) is 0 Å². The molecule has 0 spiro atoms. The SMILES string of the molecule is N/C=C(\C=C/Cc1ccc2c(c1)c1cnccc1n2-c1ccccc1)c1ccc2c(-c3ccc4ccccc4c3)c3ccccc3c(C3C=Cc4ccccc4C3)c2c1. The normalized spacial score (nSPS) is 14.3. The maximum absolute atomic E-state index is 6.49. The number of para-hydroxylation sites is 1. The van der Waals surface area contributed by atoms with Gasteiger partial charge in [-0.3, -0.25) is 4.98 Å². The zero-order chi connectivity index (χ0) is 39.3. The summed E-state index contributed by atoms with van der Waals surface area (Å²) in [6.45, 7) is 0. The van der Waals surface area contributed by atoms with Gasteiger partial charge in [-0.15, -0.1) is 0 Å². The molecule has 0 saturated carbocycles. The fourth-order valence-electron chi connectivity index (χ4n) is 9.52. The van der Waals surface area contributed by atoms with E-state index in [4.69, 9.17) is 5.73 Å². The van der Waals surface area contributed by atoms with E-state index >= 15 is 0 Å². The first kappa shape index (κ1) is 34.7. The van der Waals surface area contributed by atoms with E-state index in [1.54, 1.807) is 6.20 Å². The standard InChI is InChI=1S/C56H41N3/c57-35-45(16-10-11-37-21-28-53-50(31-37)52-36-58-30-29-54(52)59(53)46-17-2-1-3-18-46)42-26-27-49-51(34-42)56(44-25-23-39-13-5-7-15-41(39)33-44)48-20-9-8-19-47(48)55(49)43-24-22-38-12-4-6-14-40(38)32-43/h1-10,12-32,34-36,44H,11,33,57H2/b16-10-,45-35+. The minimum Gasteiger partial charge on any atom is -0.404 e. The van der Waals surface area contributed by atoms with Crippen molar-refractivity contribution in [2.75, 3.05) is 0 Å². The number of pyridine rings is 1. The van der Waals surface area contributed by atoms with Gasteiger partial charge >= 0.3 is 0 Å². The molecule has 280 valence electrons. The van der Waals surface area contributed by atoms with Gasteiger partial charge in [0.1, 0.15) is 0 Å². The lowest BCUT2D eigenvalue weighted by atomic mass is 9.78. The molecule has 2 heterocycles. The lowest BCUT2D eigenvalue weighted by molar-refractivity contribution is 0.841. The van der Waals surface area contributed by atoms with Crippen molar-refractivity contribution in [1.82, 2.24) is 9.55 Å². The van der Waals surface area contributed by atoms with E-state index in [-0.39, 0.29) is 5.92 Å². The monoisotopic (exact) mass is 755 g/mol. The highest BCUT2D eigenvalue weighted by Crippen LogP contribution is 2.45. The average Bonchev–Trinajstić information content (AvgIpc) is 3.63. The number of nitrogens with zero attached hydrogens (tertiary/aromatic N) is 2. The van der Waals surface area contributed by atoms with Crippen molar-refractivity contribution in [2.24, 2.45) is 5.73 Å². The van der Waals surface area contributed by atoms with E-state index in [1.165, 1.54) is 76.6 Å². The molecule has 8 aromatic carbocycles. The van der Waals surface area contributed by atoms with Crippen molar-refractivity contribution >= 4 is 65.8 Å². The second-order valence-corrected chi connectivity index (χ2v) is 15.7. The fraction of sp³-hybridized carbons (Fsp3) is 0.0536. The molecule has 2 aromatic heterocycles. The fourth-order valence-corrected chi connectivity index (χ4v) is 9.52. The van der Waals surface area contributed by atoms with Gasteiger partial charge in [0.25, 0.3) is 0 Å². The van der Waals surface area contributed by atoms with Gasteiger partial charge in [0.15, 0.2) is 0 Å². The summed E-state index contributed by atoms with van der Waals surface area (Å²) in [6, 6.07) is 59.7. The van der Waals surface area contributed by atoms with E-state index in [1.807, 2.05) is 12.4 Å². The van der Waals surface area contributed by atoms with Crippen molar-refractivity contribution < 1.29 is 0 Å². The molecular formula is C56H41N3. The van der Waals surface area contributed by atoms with Crippen LogP contribution in [0.4, 0.5) is 0 Å². The highest BCUT2D eigenvalue weighted by atomic mass is 15.0. The molecule has 1 aliphatic rings. The second-order valence-electron chi connectivity index (χ2n) is 15.7. The van der Waals surface area contributed by atoms with Crippen LogP contribution in [0.5, 0.6) is 0 Å². The molecule has 0 radical (unpaired) electrons. The molecular weight excluding hydrogens is 715 g/mol. The van der Waals surface area contributed by atoms with Crippen LogP contribution < -0.4 is 5.73 Å². The minimum absolute atomic E-state index is 0.219. The molecule has 0 bridgehead atoms. The predicted molar refractivity (Wildman–Crippen MR) is 250 cm³/mol. The molecule has 0 fully saturated rings. The summed E-state index contributed by atoms with van der Waals surface area (Å²) in [4.78, 5) is 4.50. The summed E-state index contributed by atoms with van der Waals surface area (Å²) in [7, 11) is 0. The number of fused-ring (bicyclic) bond motifs is 7. The van der Waals surface area contributed by atoms with Gasteiger partial charge in [-0.25, -0.2) is 0 Å². The molecule has 1 unspecified atom stereocenters. The third-order valence-corrected chi connectivity index (χ3v) is 12.3. The Labute approximate surface area is 343 Å². The second kappa shape index (κ2) is 14.5. The van der Waals surface area contributed by atoms with E-state index in [2.05, 4.69) is 198 Å². The van der Waals surface area contributed by atoms with Crippen LogP contribution in [0.3, 0.4) is 0 Å². The van der Waals surface area contributed by atoms with E-state index < -0.39 is 0 Å². The van der Waals surface area contributed by atoms with Crippen molar-refractivity contribution in [2.45, 2.75) is 18.8 Å². The van der Waals surface area contributed by atoms with Gasteiger partial charge in [0, 0.05) is 41.0 Å². The Morgan fingerprint density at radius 3 is 2.32 bits per heavy atom. The van der Waals surface area contributed by atoms with Gasteiger partial charge in [-0.1, -0.05) is 146 Å². The number of aromatic nitrogens is 2. The first-order valence-corrected chi connectivity index (χ1v) is 20.5. The van der Waals surface area contributed by atoms with Crippen LogP contribution in [0.15, 0.2) is 201 Å². The minimum atomic E-state index is 0.219. The Morgan fingerprint density at radius 2 is 1.42 bits per heavy atom. The zero-order valence-electron chi connectivity index (χ0n) is 32.6. The molecule has 59 heavy (non-hydrogen) atoms. The Morgan fingerprint density at radius 1 is 0.644 bits per heavy atom. The summed E-state index contributed by atoms with van der Waals surface area (Å²) in [5.74, 6) is 0.219. The number of hydrogen-bond donors (Lipinski definition) is 1. The molecule has 0 amide bonds. The first-order valence-electron chi connectivity index (χ1n) is 20.5.